The molecule has 126 valence electrons. The van der Waals surface area contributed by atoms with Gasteiger partial charge in [0.15, 0.2) is 5.79 Å². The van der Waals surface area contributed by atoms with E-state index in [2.05, 4.69) is 60.7 Å². The van der Waals surface area contributed by atoms with E-state index >= 15 is 0 Å². The molecule has 24 heavy (non-hydrogen) atoms. The van der Waals surface area contributed by atoms with Crippen LogP contribution in [-0.2, 0) is 14.9 Å². The van der Waals surface area contributed by atoms with Crippen molar-refractivity contribution < 1.29 is 9.47 Å². The molecule has 1 heterocycles. The monoisotopic (exact) mass is 340 g/mol. The lowest BCUT2D eigenvalue weighted by molar-refractivity contribution is -0.184. The van der Waals surface area contributed by atoms with Crippen LogP contribution in [0.15, 0.2) is 65.6 Å². The highest BCUT2D eigenvalue weighted by Gasteiger charge is 2.46. The summed E-state index contributed by atoms with van der Waals surface area (Å²) in [5.41, 5.74) is 1.67. The van der Waals surface area contributed by atoms with Crippen LogP contribution in [0.2, 0.25) is 0 Å². The average molecular weight is 340 g/mol. The Morgan fingerprint density at radius 2 is 1.33 bits per heavy atom. The zero-order valence-electron chi connectivity index (χ0n) is 13.9. The quantitative estimate of drug-likeness (QED) is 0.727. The Balaban J connectivity index is 1.54. The van der Waals surface area contributed by atoms with Crippen molar-refractivity contribution in [3.8, 4) is 0 Å². The lowest BCUT2D eigenvalue weighted by atomic mass is 9.69. The maximum absolute atomic E-state index is 5.94. The molecule has 0 aromatic heterocycles. The number of benzene rings is 2. The molecule has 1 saturated carbocycles. The molecule has 0 amide bonds. The molecule has 1 aliphatic carbocycles. The summed E-state index contributed by atoms with van der Waals surface area (Å²) in [6, 6.07) is 21.7. The van der Waals surface area contributed by atoms with Gasteiger partial charge in [0.1, 0.15) is 0 Å². The third-order valence-electron chi connectivity index (χ3n) is 5.43. The minimum atomic E-state index is -0.296. The van der Waals surface area contributed by atoms with Crippen molar-refractivity contribution in [1.29, 1.82) is 0 Å². The van der Waals surface area contributed by atoms with Crippen LogP contribution >= 0.6 is 11.8 Å². The van der Waals surface area contributed by atoms with Crippen molar-refractivity contribution in [2.24, 2.45) is 0 Å². The maximum Gasteiger partial charge on any atom is 0.168 e. The van der Waals surface area contributed by atoms with Gasteiger partial charge in [0.2, 0.25) is 0 Å². The molecule has 2 aliphatic rings. The van der Waals surface area contributed by atoms with Crippen LogP contribution in [0.4, 0.5) is 0 Å². The third kappa shape index (κ3) is 3.26. The van der Waals surface area contributed by atoms with Gasteiger partial charge in [-0.25, -0.2) is 0 Å². The van der Waals surface area contributed by atoms with E-state index in [1.165, 1.54) is 10.5 Å². The molecule has 2 aromatic carbocycles. The summed E-state index contributed by atoms with van der Waals surface area (Å²) in [5, 5.41) is 0. The summed E-state index contributed by atoms with van der Waals surface area (Å²) >= 11 is 1.97. The predicted molar refractivity (Wildman–Crippen MR) is 98.4 cm³/mol. The minimum absolute atomic E-state index is 0.211. The molecule has 1 spiro atoms. The highest BCUT2D eigenvalue weighted by molar-refractivity contribution is 7.99. The van der Waals surface area contributed by atoms with Gasteiger partial charge in [-0.1, -0.05) is 48.5 Å². The number of hydrogen-bond donors (Lipinski definition) is 0. The molecule has 0 N–H and O–H groups in total. The Morgan fingerprint density at radius 1 is 0.750 bits per heavy atom. The van der Waals surface area contributed by atoms with Crippen LogP contribution in [0.5, 0.6) is 0 Å². The summed E-state index contributed by atoms with van der Waals surface area (Å²) < 4.78 is 11.9. The first-order chi connectivity index (χ1) is 11.8. The lowest BCUT2D eigenvalue weighted by Crippen LogP contribution is -2.43. The second-order valence-corrected chi connectivity index (χ2v) is 7.90. The highest BCUT2D eigenvalue weighted by atomic mass is 32.2. The van der Waals surface area contributed by atoms with Crippen LogP contribution in [-0.4, -0.2) is 24.8 Å². The topological polar surface area (TPSA) is 18.5 Å². The number of ether oxygens (including phenoxy) is 2. The SMILES string of the molecule is c1ccc(SCC2(c3ccccc3)CCC3(CC2)OCCO3)cc1. The molecule has 0 atom stereocenters. The van der Waals surface area contributed by atoms with Crippen molar-refractivity contribution in [2.75, 3.05) is 19.0 Å². The number of hydrogen-bond acceptors (Lipinski definition) is 3. The molecule has 2 aromatic rings. The van der Waals surface area contributed by atoms with Crippen LogP contribution in [0.1, 0.15) is 31.2 Å². The van der Waals surface area contributed by atoms with E-state index in [1.807, 2.05) is 11.8 Å². The Labute approximate surface area is 148 Å². The zero-order chi connectivity index (χ0) is 16.3. The van der Waals surface area contributed by atoms with E-state index < -0.39 is 0 Å². The highest BCUT2D eigenvalue weighted by Crippen LogP contribution is 2.48. The molecule has 0 unspecified atom stereocenters. The smallest absolute Gasteiger partial charge is 0.168 e. The zero-order valence-corrected chi connectivity index (χ0v) is 14.8. The first-order valence-electron chi connectivity index (χ1n) is 8.82. The third-order valence-corrected chi connectivity index (χ3v) is 6.73. The molecular formula is C21H24O2S. The fraction of sp³-hybridized carbons (Fsp3) is 0.429. The standard InChI is InChI=1S/C21H24O2S/c1-3-7-18(8-4-1)20(17-24-19-9-5-2-6-10-19)11-13-21(14-12-20)22-15-16-23-21/h1-10H,11-17H2. The summed E-state index contributed by atoms with van der Waals surface area (Å²) in [4.78, 5) is 1.35. The normalized spacial score (nSPS) is 21.8. The maximum atomic E-state index is 5.94. The molecule has 4 rings (SSSR count). The van der Waals surface area contributed by atoms with Gasteiger partial charge in [-0.05, 0) is 30.5 Å². The van der Waals surface area contributed by atoms with E-state index in [4.69, 9.17) is 9.47 Å². The molecule has 3 heteroatoms. The molecule has 1 aliphatic heterocycles. The van der Waals surface area contributed by atoms with E-state index in [-0.39, 0.29) is 11.2 Å². The van der Waals surface area contributed by atoms with Gasteiger partial charge in [0.25, 0.3) is 0 Å². The molecule has 0 bridgehead atoms. The minimum Gasteiger partial charge on any atom is -0.348 e. The average Bonchev–Trinajstić information content (AvgIpc) is 3.12. The summed E-state index contributed by atoms with van der Waals surface area (Å²) in [6.07, 6.45) is 4.24. The summed E-state index contributed by atoms with van der Waals surface area (Å²) in [5.74, 6) is 0.812. The van der Waals surface area contributed by atoms with Crippen molar-refractivity contribution in [1.82, 2.24) is 0 Å². The molecule has 2 nitrogen and oxygen atoms in total. The van der Waals surface area contributed by atoms with Crippen LogP contribution in [0.25, 0.3) is 0 Å². The first kappa shape index (κ1) is 16.2. The molecule has 1 saturated heterocycles. The van der Waals surface area contributed by atoms with Crippen LogP contribution in [0, 0.1) is 0 Å². The van der Waals surface area contributed by atoms with Gasteiger partial charge in [-0.3, -0.25) is 0 Å². The van der Waals surface area contributed by atoms with Crippen molar-refractivity contribution in [3.05, 3.63) is 66.2 Å². The second kappa shape index (κ2) is 6.91. The number of thioether (sulfide) groups is 1. The van der Waals surface area contributed by atoms with Gasteiger partial charge in [0.05, 0.1) is 13.2 Å². The van der Waals surface area contributed by atoms with Crippen molar-refractivity contribution in [3.63, 3.8) is 0 Å². The first-order valence-corrected chi connectivity index (χ1v) is 9.80. The molecule has 2 fully saturated rings. The van der Waals surface area contributed by atoms with E-state index in [9.17, 15) is 0 Å². The lowest BCUT2D eigenvalue weighted by Gasteiger charge is -2.44. The van der Waals surface area contributed by atoms with Gasteiger partial charge >= 0.3 is 0 Å². The van der Waals surface area contributed by atoms with Crippen molar-refractivity contribution >= 4 is 11.8 Å². The molecular weight excluding hydrogens is 316 g/mol. The Morgan fingerprint density at radius 3 is 1.96 bits per heavy atom. The van der Waals surface area contributed by atoms with Crippen LogP contribution in [0.3, 0.4) is 0 Å². The van der Waals surface area contributed by atoms with E-state index in [0.717, 1.165) is 44.6 Å². The fourth-order valence-electron chi connectivity index (χ4n) is 3.94. The Bertz CT molecular complexity index is 640. The van der Waals surface area contributed by atoms with Gasteiger partial charge < -0.3 is 9.47 Å². The fourth-order valence-corrected chi connectivity index (χ4v) is 5.19. The Hall–Kier alpha value is -1.29. The number of rotatable bonds is 4. The summed E-state index contributed by atoms with van der Waals surface area (Å²) in [7, 11) is 0. The van der Waals surface area contributed by atoms with E-state index in [1.54, 1.807) is 0 Å². The van der Waals surface area contributed by atoms with Gasteiger partial charge in [0, 0.05) is 28.9 Å². The predicted octanol–water partition coefficient (Wildman–Crippen LogP) is 5.03. The summed E-state index contributed by atoms with van der Waals surface area (Å²) in [6.45, 7) is 1.49. The van der Waals surface area contributed by atoms with E-state index in [0.29, 0.717) is 0 Å². The largest absolute Gasteiger partial charge is 0.348 e. The Kier molecular flexibility index (Phi) is 4.66. The molecule has 0 radical (unpaired) electrons. The van der Waals surface area contributed by atoms with Crippen LogP contribution < -0.4 is 0 Å². The van der Waals surface area contributed by atoms with Gasteiger partial charge in [-0.15, -0.1) is 11.8 Å². The van der Waals surface area contributed by atoms with Crippen molar-refractivity contribution in [2.45, 2.75) is 41.8 Å². The van der Waals surface area contributed by atoms with Gasteiger partial charge in [-0.2, -0.15) is 0 Å². The second-order valence-electron chi connectivity index (χ2n) is 6.86.